The van der Waals surface area contributed by atoms with E-state index in [0.29, 0.717) is 18.4 Å². The van der Waals surface area contributed by atoms with Crippen LogP contribution in [0.4, 0.5) is 16.2 Å². The molecule has 0 aromatic heterocycles. The number of anilines is 2. The summed E-state index contributed by atoms with van der Waals surface area (Å²) in [6.45, 7) is 0.0530. The molecule has 0 fully saturated rings. The van der Waals surface area contributed by atoms with Gasteiger partial charge in [0.2, 0.25) is 5.91 Å². The number of nitrogens with two attached hydrogens (primary N) is 1. The van der Waals surface area contributed by atoms with Crippen molar-refractivity contribution in [2.45, 2.75) is 25.3 Å². The number of methoxy groups -OCH3 is 1. The maximum Gasteiger partial charge on any atom is 0.416 e. The Morgan fingerprint density at radius 2 is 1.54 bits per heavy atom. The summed E-state index contributed by atoms with van der Waals surface area (Å²) in [5.74, 6) is -5.76. The molecule has 0 aliphatic heterocycles. The van der Waals surface area contributed by atoms with Gasteiger partial charge in [-0.1, -0.05) is 30.3 Å². The first-order valence-corrected chi connectivity index (χ1v) is 14.6. The number of benzene rings is 3. The van der Waals surface area contributed by atoms with Gasteiger partial charge in [-0.15, -0.1) is 0 Å². The number of carbonyl (C=O) groups excluding carboxylic acids is 4. The van der Waals surface area contributed by atoms with Gasteiger partial charge in [0.15, 0.2) is 0 Å². The molecule has 0 aliphatic carbocycles. The lowest BCUT2D eigenvalue weighted by Gasteiger charge is -2.24. The normalized spacial score (nSPS) is 11.2. The number of carboxylic acid groups (broad SMARTS) is 2. The summed E-state index contributed by atoms with van der Waals surface area (Å²) in [4.78, 5) is 77.0. The van der Waals surface area contributed by atoms with Crippen LogP contribution in [0.15, 0.2) is 66.7 Å². The number of hydrogen-bond donors (Lipinski definition) is 4. The number of phenolic OH excluding ortho intramolecular Hbond substituents is 1. The largest absolute Gasteiger partial charge is 0.507 e. The minimum atomic E-state index is -1.80. The molecule has 0 saturated heterocycles. The minimum Gasteiger partial charge on any atom is -0.507 e. The first-order valence-electron chi connectivity index (χ1n) is 14.6. The van der Waals surface area contributed by atoms with Gasteiger partial charge in [0.1, 0.15) is 17.1 Å². The average molecular weight is 665 g/mol. The summed E-state index contributed by atoms with van der Waals surface area (Å²) in [5.41, 5.74) is 6.30. The summed E-state index contributed by atoms with van der Waals surface area (Å²) in [5, 5.41) is 29.1. The molecule has 5 N–H and O–H groups in total. The van der Waals surface area contributed by atoms with Crippen LogP contribution in [0.25, 0.3) is 0 Å². The van der Waals surface area contributed by atoms with Crippen molar-refractivity contribution in [2.75, 3.05) is 39.3 Å². The van der Waals surface area contributed by atoms with Crippen LogP contribution in [0, 0.1) is 0 Å². The van der Waals surface area contributed by atoms with Crippen LogP contribution in [-0.2, 0) is 25.5 Å². The number of phenols is 1. The number of carbonyl (C=O) groups is 6. The van der Waals surface area contributed by atoms with E-state index >= 15 is 0 Å². The van der Waals surface area contributed by atoms with Crippen molar-refractivity contribution in [3.8, 4) is 11.5 Å². The highest BCUT2D eigenvalue weighted by Gasteiger charge is 2.29. The Labute approximate surface area is 275 Å². The number of amides is 4. The molecule has 3 aromatic rings. The summed E-state index contributed by atoms with van der Waals surface area (Å²) >= 11 is 0. The van der Waals surface area contributed by atoms with Gasteiger partial charge in [-0.05, 0) is 61.2 Å². The molecular weight excluding hydrogens is 628 g/mol. The Morgan fingerprint density at radius 3 is 2.15 bits per heavy atom. The second-order valence-electron chi connectivity index (χ2n) is 10.6. The van der Waals surface area contributed by atoms with E-state index in [1.807, 2.05) is 0 Å². The summed E-state index contributed by atoms with van der Waals surface area (Å²) in [6.07, 6.45) is -0.310. The number of imide groups is 1. The van der Waals surface area contributed by atoms with E-state index in [9.17, 15) is 44.1 Å². The highest BCUT2D eigenvalue weighted by molar-refractivity contribution is 6.39. The van der Waals surface area contributed by atoms with Gasteiger partial charge in [-0.2, -0.15) is 0 Å². The van der Waals surface area contributed by atoms with Gasteiger partial charge in [-0.3, -0.25) is 19.3 Å². The molecule has 15 nitrogen and oxygen atoms in total. The van der Waals surface area contributed by atoms with Crippen molar-refractivity contribution in [2.24, 2.45) is 5.73 Å². The first-order chi connectivity index (χ1) is 22.8. The third-order valence-corrected chi connectivity index (χ3v) is 7.05. The molecule has 254 valence electrons. The SMILES string of the molecule is COC(=O)N(CCCCOc1cccc(O)c1C(=O)N(C)C)C(=O)[C@@H](N)Cc1ccc(N(C(=O)C(=O)O)c2ccccc2C(=O)O)cc1. The molecule has 15 heteroatoms. The Morgan fingerprint density at radius 1 is 0.875 bits per heavy atom. The molecule has 0 saturated carbocycles. The molecule has 1 atom stereocenters. The molecule has 0 unspecified atom stereocenters. The third-order valence-electron chi connectivity index (χ3n) is 7.05. The van der Waals surface area contributed by atoms with Crippen molar-refractivity contribution in [1.82, 2.24) is 9.80 Å². The molecule has 3 aromatic carbocycles. The molecular formula is C33H36N4O11. The second-order valence-corrected chi connectivity index (χ2v) is 10.6. The summed E-state index contributed by atoms with van der Waals surface area (Å²) < 4.78 is 10.5. The predicted molar refractivity (Wildman–Crippen MR) is 171 cm³/mol. The van der Waals surface area contributed by atoms with Crippen LogP contribution in [0.5, 0.6) is 11.5 Å². The zero-order valence-electron chi connectivity index (χ0n) is 26.5. The van der Waals surface area contributed by atoms with Crippen LogP contribution in [0.2, 0.25) is 0 Å². The highest BCUT2D eigenvalue weighted by Crippen LogP contribution is 2.30. The molecule has 3 rings (SSSR count). The quantitative estimate of drug-likeness (QED) is 0.153. The summed E-state index contributed by atoms with van der Waals surface area (Å²) in [6, 6.07) is 14.4. The molecule has 0 aliphatic rings. The van der Waals surface area contributed by atoms with E-state index in [-0.39, 0.29) is 53.6 Å². The lowest BCUT2D eigenvalue weighted by Crippen LogP contribution is -2.48. The Hall–Kier alpha value is -5.96. The van der Waals surface area contributed by atoms with Gasteiger partial charge in [-0.25, -0.2) is 19.3 Å². The van der Waals surface area contributed by atoms with E-state index in [1.54, 1.807) is 20.2 Å². The fraction of sp³-hybridized carbons (Fsp3) is 0.273. The van der Waals surface area contributed by atoms with Crippen molar-refractivity contribution in [3.05, 3.63) is 83.4 Å². The first kappa shape index (κ1) is 36.5. The number of carboxylic acids is 2. The van der Waals surface area contributed by atoms with Crippen molar-refractivity contribution in [1.29, 1.82) is 0 Å². The van der Waals surface area contributed by atoms with Crippen molar-refractivity contribution in [3.63, 3.8) is 0 Å². The zero-order chi connectivity index (χ0) is 35.5. The van der Waals surface area contributed by atoms with Crippen LogP contribution in [0.3, 0.4) is 0 Å². The van der Waals surface area contributed by atoms with Crippen LogP contribution in [-0.4, -0.2) is 101 Å². The molecule has 0 heterocycles. The smallest absolute Gasteiger partial charge is 0.416 e. The van der Waals surface area contributed by atoms with E-state index in [0.717, 1.165) is 16.9 Å². The number of nitrogens with zero attached hydrogens (tertiary/aromatic N) is 3. The molecule has 0 spiro atoms. The van der Waals surface area contributed by atoms with E-state index in [1.165, 1.54) is 65.6 Å². The standard InChI is InChI=1S/C33H36N4O11/c1-35(2)29(40)27-25(38)11-8-12-26(27)48-18-7-6-17-36(33(46)47-3)28(39)23(34)19-20-13-15-21(16-14-20)37(30(41)32(44)45)24-10-5-4-9-22(24)31(42)43/h4-5,8-16,23,38H,6-7,17-19,34H2,1-3H3,(H,42,43)(H,44,45)/t23-/m0/s1. The minimum absolute atomic E-state index is 0.0131. The fourth-order valence-corrected chi connectivity index (χ4v) is 4.67. The number of aromatic carboxylic acids is 1. The third kappa shape index (κ3) is 8.85. The molecule has 4 amide bonds. The fourth-order valence-electron chi connectivity index (χ4n) is 4.67. The van der Waals surface area contributed by atoms with E-state index in [2.05, 4.69) is 0 Å². The molecule has 48 heavy (non-hydrogen) atoms. The van der Waals surface area contributed by atoms with Crippen molar-refractivity contribution >= 4 is 47.1 Å². The van der Waals surface area contributed by atoms with Crippen molar-refractivity contribution < 1.29 is 53.6 Å². The monoisotopic (exact) mass is 664 g/mol. The van der Waals surface area contributed by atoms with E-state index in [4.69, 9.17) is 15.2 Å². The van der Waals surface area contributed by atoms with Gasteiger partial charge in [0.05, 0.1) is 31.0 Å². The second kappa shape index (κ2) is 16.6. The van der Waals surface area contributed by atoms with E-state index < -0.39 is 41.8 Å². The number of hydrogen-bond acceptors (Lipinski definition) is 10. The van der Waals surface area contributed by atoms with Gasteiger partial charge < -0.3 is 35.4 Å². The molecule has 0 radical (unpaired) electrons. The number of aliphatic carboxylic acids is 1. The van der Waals surface area contributed by atoms with Crippen LogP contribution in [0.1, 0.15) is 39.1 Å². The summed E-state index contributed by atoms with van der Waals surface area (Å²) in [7, 11) is 4.20. The average Bonchev–Trinajstić information content (AvgIpc) is 3.06. The number of ether oxygens (including phenoxy) is 2. The lowest BCUT2D eigenvalue weighted by molar-refractivity contribution is -0.148. The number of para-hydroxylation sites is 1. The van der Waals surface area contributed by atoms with Crippen LogP contribution < -0.4 is 15.4 Å². The maximum atomic E-state index is 13.2. The zero-order valence-corrected chi connectivity index (χ0v) is 26.5. The number of aromatic hydroxyl groups is 1. The van der Waals surface area contributed by atoms with Gasteiger partial charge >= 0.3 is 23.9 Å². The Kier molecular flexibility index (Phi) is 12.6. The van der Waals surface area contributed by atoms with Crippen LogP contribution >= 0.6 is 0 Å². The topological polar surface area (TPSA) is 217 Å². The Bertz CT molecular complexity index is 1670. The predicted octanol–water partition coefficient (Wildman–Crippen LogP) is 2.87. The number of rotatable bonds is 13. The number of unbranched alkanes of at least 4 members (excludes halogenated alkanes) is 1. The lowest BCUT2D eigenvalue weighted by atomic mass is 10.0. The Balaban J connectivity index is 1.67. The van der Waals surface area contributed by atoms with Gasteiger partial charge in [0.25, 0.3) is 5.91 Å². The van der Waals surface area contributed by atoms with Gasteiger partial charge in [0, 0.05) is 26.3 Å². The molecule has 0 bridgehead atoms. The highest BCUT2D eigenvalue weighted by atomic mass is 16.5. The maximum absolute atomic E-state index is 13.2.